The van der Waals surface area contributed by atoms with E-state index in [1.165, 1.54) is 0 Å². The van der Waals surface area contributed by atoms with Gasteiger partial charge in [-0.25, -0.2) is 0 Å². The zero-order valence-corrected chi connectivity index (χ0v) is 9.31. The third-order valence-electron chi connectivity index (χ3n) is 2.82. The lowest BCUT2D eigenvalue weighted by Gasteiger charge is -2.20. The Balaban J connectivity index is 2.87. The molecule has 0 saturated heterocycles. The van der Waals surface area contributed by atoms with Crippen LogP contribution in [0, 0.1) is 5.92 Å². The van der Waals surface area contributed by atoms with Crippen molar-refractivity contribution in [3.8, 4) is 0 Å². The fraction of sp³-hybridized carbons (Fsp3) is 0.462. The first-order chi connectivity index (χ1) is 7.16. The van der Waals surface area contributed by atoms with Gasteiger partial charge in [-0.05, 0) is 17.9 Å². The third-order valence-corrected chi connectivity index (χ3v) is 2.82. The van der Waals surface area contributed by atoms with Gasteiger partial charge >= 0.3 is 5.97 Å². The van der Waals surface area contributed by atoms with E-state index >= 15 is 0 Å². The first-order valence-corrected chi connectivity index (χ1v) is 5.44. The Hall–Kier alpha value is -1.31. The summed E-state index contributed by atoms with van der Waals surface area (Å²) in [5, 5.41) is 9.04. The summed E-state index contributed by atoms with van der Waals surface area (Å²) >= 11 is 0. The molecular weight excluding hydrogens is 188 g/mol. The summed E-state index contributed by atoms with van der Waals surface area (Å²) in [5.74, 6) is -0.890. The molecule has 1 aromatic rings. The fourth-order valence-electron chi connectivity index (χ4n) is 1.89. The molecule has 1 aromatic carbocycles. The number of aliphatic carboxylic acids is 1. The molecule has 2 heteroatoms. The van der Waals surface area contributed by atoms with Crippen LogP contribution in [0.5, 0.6) is 0 Å². The molecule has 0 amide bonds. The number of carboxylic acid groups (broad SMARTS) is 1. The Morgan fingerprint density at radius 2 is 1.93 bits per heavy atom. The molecule has 0 aliphatic rings. The molecule has 0 aliphatic heterocycles. The minimum Gasteiger partial charge on any atom is -0.481 e. The molecular formula is C13H18O2. The summed E-state index contributed by atoms with van der Waals surface area (Å²) in [6, 6.07) is 9.91. The van der Waals surface area contributed by atoms with E-state index in [0.29, 0.717) is 0 Å². The fourth-order valence-corrected chi connectivity index (χ4v) is 1.89. The molecule has 0 spiro atoms. The Morgan fingerprint density at radius 1 is 1.33 bits per heavy atom. The summed E-state index contributed by atoms with van der Waals surface area (Å²) in [5.41, 5.74) is 1.13. The molecule has 0 heterocycles. The van der Waals surface area contributed by atoms with Gasteiger partial charge in [-0.2, -0.15) is 0 Å². The number of carbonyl (C=O) groups is 1. The van der Waals surface area contributed by atoms with Gasteiger partial charge in [0.25, 0.3) is 0 Å². The molecule has 0 unspecified atom stereocenters. The van der Waals surface area contributed by atoms with E-state index in [1.54, 1.807) is 6.92 Å². The highest BCUT2D eigenvalue weighted by Gasteiger charge is 2.23. The van der Waals surface area contributed by atoms with Crippen molar-refractivity contribution in [1.29, 1.82) is 0 Å². The molecule has 0 saturated carbocycles. The molecule has 2 atom stereocenters. The van der Waals surface area contributed by atoms with Gasteiger partial charge in [0, 0.05) is 0 Å². The van der Waals surface area contributed by atoms with Crippen molar-refractivity contribution in [2.75, 3.05) is 0 Å². The molecule has 0 aromatic heterocycles. The maximum atomic E-state index is 11.0. The van der Waals surface area contributed by atoms with E-state index in [0.717, 1.165) is 18.4 Å². The van der Waals surface area contributed by atoms with Gasteiger partial charge in [-0.3, -0.25) is 4.79 Å². The van der Waals surface area contributed by atoms with E-state index < -0.39 is 5.97 Å². The van der Waals surface area contributed by atoms with Crippen molar-refractivity contribution < 1.29 is 9.90 Å². The van der Waals surface area contributed by atoms with E-state index in [2.05, 4.69) is 6.92 Å². The number of hydrogen-bond acceptors (Lipinski definition) is 1. The highest BCUT2D eigenvalue weighted by atomic mass is 16.4. The molecule has 0 fully saturated rings. The van der Waals surface area contributed by atoms with Crippen LogP contribution in [0.25, 0.3) is 0 Å². The topological polar surface area (TPSA) is 37.3 Å². The Bertz CT molecular complexity index is 306. The predicted molar refractivity (Wildman–Crippen MR) is 60.9 cm³/mol. The first kappa shape index (κ1) is 11.8. The average molecular weight is 206 g/mol. The van der Waals surface area contributed by atoms with Crippen molar-refractivity contribution in [1.82, 2.24) is 0 Å². The second kappa shape index (κ2) is 5.54. The molecule has 1 rings (SSSR count). The van der Waals surface area contributed by atoms with Crippen LogP contribution >= 0.6 is 0 Å². The Labute approximate surface area is 90.9 Å². The van der Waals surface area contributed by atoms with Crippen molar-refractivity contribution in [3.63, 3.8) is 0 Å². The molecule has 2 nitrogen and oxygen atoms in total. The predicted octanol–water partition coefficient (Wildman–Crippen LogP) is 3.29. The minimum atomic E-state index is -0.711. The number of carboxylic acids is 1. The van der Waals surface area contributed by atoms with Crippen LogP contribution in [-0.4, -0.2) is 11.1 Å². The summed E-state index contributed by atoms with van der Waals surface area (Å²) in [6.45, 7) is 3.88. The standard InChI is InChI=1S/C13H18O2/c1-3-7-12(10(2)13(14)15)11-8-5-4-6-9-11/h4-6,8-10,12H,3,7H2,1-2H3,(H,14,15)/t10-,12+/m1/s1. The van der Waals surface area contributed by atoms with Gasteiger partial charge in [0.05, 0.1) is 5.92 Å². The minimum absolute atomic E-state index is 0.133. The Kier molecular flexibility index (Phi) is 4.35. The maximum absolute atomic E-state index is 11.0. The summed E-state index contributed by atoms with van der Waals surface area (Å²) in [6.07, 6.45) is 1.94. The largest absolute Gasteiger partial charge is 0.481 e. The SMILES string of the molecule is CCC[C@H](c1ccccc1)[C@@H](C)C(=O)O. The van der Waals surface area contributed by atoms with Gasteiger partial charge in [0.1, 0.15) is 0 Å². The zero-order chi connectivity index (χ0) is 11.3. The van der Waals surface area contributed by atoms with Crippen molar-refractivity contribution in [2.24, 2.45) is 5.92 Å². The van der Waals surface area contributed by atoms with Crippen LogP contribution in [-0.2, 0) is 4.79 Å². The average Bonchev–Trinajstić information content (AvgIpc) is 2.26. The lowest BCUT2D eigenvalue weighted by Crippen LogP contribution is -2.18. The van der Waals surface area contributed by atoms with Crippen molar-refractivity contribution in [3.05, 3.63) is 35.9 Å². The lowest BCUT2D eigenvalue weighted by atomic mass is 9.84. The monoisotopic (exact) mass is 206 g/mol. The van der Waals surface area contributed by atoms with E-state index in [1.807, 2.05) is 30.3 Å². The van der Waals surface area contributed by atoms with E-state index in [4.69, 9.17) is 5.11 Å². The smallest absolute Gasteiger partial charge is 0.306 e. The second-order valence-corrected chi connectivity index (χ2v) is 3.93. The van der Waals surface area contributed by atoms with Gasteiger partial charge in [-0.15, -0.1) is 0 Å². The molecule has 0 radical (unpaired) electrons. The highest BCUT2D eigenvalue weighted by molar-refractivity contribution is 5.70. The van der Waals surface area contributed by atoms with Gasteiger partial charge in [0.2, 0.25) is 0 Å². The van der Waals surface area contributed by atoms with Crippen molar-refractivity contribution in [2.45, 2.75) is 32.6 Å². The molecule has 1 N–H and O–H groups in total. The summed E-state index contributed by atoms with van der Waals surface area (Å²) in [7, 11) is 0. The zero-order valence-electron chi connectivity index (χ0n) is 9.31. The normalized spacial score (nSPS) is 14.5. The lowest BCUT2D eigenvalue weighted by molar-refractivity contribution is -0.141. The molecule has 15 heavy (non-hydrogen) atoms. The van der Waals surface area contributed by atoms with Crippen LogP contribution in [0.15, 0.2) is 30.3 Å². The quantitative estimate of drug-likeness (QED) is 0.802. The Morgan fingerprint density at radius 3 is 2.40 bits per heavy atom. The second-order valence-electron chi connectivity index (χ2n) is 3.93. The summed E-state index contributed by atoms with van der Waals surface area (Å²) in [4.78, 5) is 11.0. The highest BCUT2D eigenvalue weighted by Crippen LogP contribution is 2.29. The van der Waals surface area contributed by atoms with E-state index in [9.17, 15) is 4.79 Å². The molecule has 82 valence electrons. The van der Waals surface area contributed by atoms with Gasteiger partial charge in [-0.1, -0.05) is 50.6 Å². The van der Waals surface area contributed by atoms with Crippen LogP contribution in [0.3, 0.4) is 0 Å². The summed E-state index contributed by atoms with van der Waals surface area (Å²) < 4.78 is 0. The number of hydrogen-bond donors (Lipinski definition) is 1. The first-order valence-electron chi connectivity index (χ1n) is 5.44. The van der Waals surface area contributed by atoms with Gasteiger partial charge < -0.3 is 5.11 Å². The number of rotatable bonds is 5. The maximum Gasteiger partial charge on any atom is 0.306 e. The van der Waals surface area contributed by atoms with Crippen LogP contribution in [0.1, 0.15) is 38.2 Å². The van der Waals surface area contributed by atoms with Crippen LogP contribution < -0.4 is 0 Å². The van der Waals surface area contributed by atoms with Crippen molar-refractivity contribution >= 4 is 5.97 Å². The molecule has 0 bridgehead atoms. The molecule has 0 aliphatic carbocycles. The third kappa shape index (κ3) is 3.08. The van der Waals surface area contributed by atoms with Crippen LogP contribution in [0.4, 0.5) is 0 Å². The van der Waals surface area contributed by atoms with Crippen LogP contribution in [0.2, 0.25) is 0 Å². The number of benzene rings is 1. The van der Waals surface area contributed by atoms with Gasteiger partial charge in [0.15, 0.2) is 0 Å². The van der Waals surface area contributed by atoms with E-state index in [-0.39, 0.29) is 11.8 Å².